The van der Waals surface area contributed by atoms with Crippen molar-refractivity contribution in [3.63, 3.8) is 0 Å². The van der Waals surface area contributed by atoms with E-state index < -0.39 is 23.5 Å². The minimum Gasteiger partial charge on any atom is -0.467 e. The molecular formula is C11H9F3N2O. The summed E-state index contributed by atoms with van der Waals surface area (Å²) in [5.74, 6) is 2.43. The molecule has 0 amide bonds. The van der Waals surface area contributed by atoms with Gasteiger partial charge in [-0.25, -0.2) is 18.6 Å². The fourth-order valence-electron chi connectivity index (χ4n) is 1.59. The van der Waals surface area contributed by atoms with Crippen LogP contribution in [0.4, 0.5) is 13.2 Å². The molecule has 1 atom stereocenters. The van der Waals surface area contributed by atoms with E-state index in [-0.39, 0.29) is 11.3 Å². The quantitative estimate of drug-likeness (QED) is 0.641. The number of hydrogen-bond donors (Lipinski definition) is 2. The van der Waals surface area contributed by atoms with Gasteiger partial charge in [0.25, 0.3) is 0 Å². The third-order valence-electron chi connectivity index (χ3n) is 2.33. The van der Waals surface area contributed by atoms with Crippen LogP contribution in [0.25, 0.3) is 0 Å². The van der Waals surface area contributed by atoms with Crippen molar-refractivity contribution < 1.29 is 17.6 Å². The number of furan rings is 1. The van der Waals surface area contributed by atoms with E-state index in [9.17, 15) is 13.2 Å². The fourth-order valence-corrected chi connectivity index (χ4v) is 1.59. The summed E-state index contributed by atoms with van der Waals surface area (Å²) in [4.78, 5) is 0. The van der Waals surface area contributed by atoms with Gasteiger partial charge in [-0.05, 0) is 12.1 Å². The van der Waals surface area contributed by atoms with Crippen LogP contribution in [0.3, 0.4) is 0 Å². The molecule has 6 heteroatoms. The van der Waals surface area contributed by atoms with Gasteiger partial charge < -0.3 is 4.42 Å². The molecule has 3 nitrogen and oxygen atoms in total. The molecule has 0 saturated heterocycles. The summed E-state index contributed by atoms with van der Waals surface area (Å²) in [5.41, 5.74) is 1.84. The summed E-state index contributed by atoms with van der Waals surface area (Å²) < 4.78 is 44.8. The molecular weight excluding hydrogens is 233 g/mol. The zero-order valence-electron chi connectivity index (χ0n) is 8.58. The van der Waals surface area contributed by atoms with Gasteiger partial charge in [0, 0.05) is 17.7 Å². The molecule has 1 heterocycles. The molecule has 0 fully saturated rings. The van der Waals surface area contributed by atoms with Gasteiger partial charge in [-0.15, -0.1) is 0 Å². The smallest absolute Gasteiger partial charge is 0.134 e. The van der Waals surface area contributed by atoms with Crippen molar-refractivity contribution in [1.29, 1.82) is 0 Å². The summed E-state index contributed by atoms with van der Waals surface area (Å²) in [5, 5.41) is 0. The minimum atomic E-state index is -1.03. The normalized spacial score (nSPS) is 12.7. The summed E-state index contributed by atoms with van der Waals surface area (Å²) in [6.07, 6.45) is 1.35. The molecule has 0 aliphatic heterocycles. The highest BCUT2D eigenvalue weighted by atomic mass is 19.1. The SMILES string of the molecule is NNC(c1ccco1)c1c(F)cc(F)cc1F. The fraction of sp³-hybridized carbons (Fsp3) is 0.0909. The highest BCUT2D eigenvalue weighted by Crippen LogP contribution is 2.27. The van der Waals surface area contributed by atoms with Crippen molar-refractivity contribution in [2.24, 2.45) is 5.84 Å². The van der Waals surface area contributed by atoms with Crippen LogP contribution in [-0.4, -0.2) is 0 Å². The van der Waals surface area contributed by atoms with Crippen LogP contribution in [0.1, 0.15) is 17.4 Å². The molecule has 3 N–H and O–H groups in total. The van der Waals surface area contributed by atoms with Crippen LogP contribution in [0.2, 0.25) is 0 Å². The van der Waals surface area contributed by atoms with Gasteiger partial charge in [-0.2, -0.15) is 0 Å². The Morgan fingerprint density at radius 3 is 2.29 bits per heavy atom. The first-order chi connectivity index (χ1) is 8.13. The lowest BCUT2D eigenvalue weighted by Gasteiger charge is -2.15. The van der Waals surface area contributed by atoms with Gasteiger partial charge in [0.15, 0.2) is 0 Å². The predicted octanol–water partition coefficient (Wildman–Crippen LogP) is 2.25. The average Bonchev–Trinajstić information content (AvgIpc) is 2.76. The first kappa shape index (κ1) is 11.7. The number of hydrogen-bond acceptors (Lipinski definition) is 3. The van der Waals surface area contributed by atoms with Crippen LogP contribution < -0.4 is 11.3 Å². The molecule has 0 aliphatic carbocycles. The number of benzene rings is 1. The van der Waals surface area contributed by atoms with E-state index in [1.807, 2.05) is 0 Å². The van der Waals surface area contributed by atoms with E-state index in [4.69, 9.17) is 10.3 Å². The van der Waals surface area contributed by atoms with Crippen molar-refractivity contribution in [2.75, 3.05) is 0 Å². The van der Waals surface area contributed by atoms with Gasteiger partial charge in [0.05, 0.1) is 6.26 Å². The second-order valence-corrected chi connectivity index (χ2v) is 3.40. The van der Waals surface area contributed by atoms with Gasteiger partial charge >= 0.3 is 0 Å². The van der Waals surface area contributed by atoms with E-state index in [1.165, 1.54) is 12.3 Å². The maximum absolute atomic E-state index is 13.5. The summed E-state index contributed by atoms with van der Waals surface area (Å²) in [6.45, 7) is 0. The maximum Gasteiger partial charge on any atom is 0.134 e. The Hall–Kier alpha value is -1.79. The highest BCUT2D eigenvalue weighted by Gasteiger charge is 2.23. The average molecular weight is 242 g/mol. The van der Waals surface area contributed by atoms with Crippen LogP contribution in [-0.2, 0) is 0 Å². The lowest BCUT2D eigenvalue weighted by molar-refractivity contribution is 0.423. The molecule has 0 radical (unpaired) electrons. The molecule has 1 aromatic heterocycles. The third-order valence-corrected chi connectivity index (χ3v) is 2.33. The lowest BCUT2D eigenvalue weighted by Crippen LogP contribution is -2.30. The van der Waals surface area contributed by atoms with Crippen molar-refractivity contribution in [1.82, 2.24) is 5.43 Å². The predicted molar refractivity (Wildman–Crippen MR) is 54.2 cm³/mol. The zero-order chi connectivity index (χ0) is 12.4. The van der Waals surface area contributed by atoms with Gasteiger partial charge in [0.1, 0.15) is 29.3 Å². The number of nitrogens with two attached hydrogens (primary N) is 1. The Labute approximate surface area is 95.0 Å². The minimum absolute atomic E-state index is 0.233. The topological polar surface area (TPSA) is 51.2 Å². The van der Waals surface area contributed by atoms with E-state index in [0.29, 0.717) is 12.1 Å². The number of halogens is 3. The van der Waals surface area contributed by atoms with Crippen LogP contribution >= 0.6 is 0 Å². The number of nitrogens with one attached hydrogen (secondary N) is 1. The van der Waals surface area contributed by atoms with Crippen LogP contribution in [0, 0.1) is 17.5 Å². The standard InChI is InChI=1S/C11H9F3N2O/c12-6-4-7(13)10(8(14)5-6)11(16-15)9-2-1-3-17-9/h1-5,11,16H,15H2. The Balaban J connectivity index is 2.52. The molecule has 2 aromatic rings. The summed E-state index contributed by atoms with van der Waals surface area (Å²) in [7, 11) is 0. The second-order valence-electron chi connectivity index (χ2n) is 3.40. The van der Waals surface area contributed by atoms with Gasteiger partial charge in [0.2, 0.25) is 0 Å². The second kappa shape index (κ2) is 4.60. The molecule has 1 aromatic carbocycles. The number of rotatable bonds is 3. The molecule has 0 spiro atoms. The highest BCUT2D eigenvalue weighted by molar-refractivity contribution is 5.29. The van der Waals surface area contributed by atoms with E-state index in [2.05, 4.69) is 5.43 Å². The molecule has 1 unspecified atom stereocenters. The molecule has 0 bridgehead atoms. The van der Waals surface area contributed by atoms with Gasteiger partial charge in [-0.1, -0.05) is 0 Å². The third kappa shape index (κ3) is 2.17. The Bertz CT molecular complexity index is 490. The van der Waals surface area contributed by atoms with Crippen molar-refractivity contribution in [3.8, 4) is 0 Å². The Morgan fingerprint density at radius 2 is 1.82 bits per heavy atom. The molecule has 0 aliphatic rings. The monoisotopic (exact) mass is 242 g/mol. The number of hydrazine groups is 1. The largest absolute Gasteiger partial charge is 0.467 e. The first-order valence-electron chi connectivity index (χ1n) is 4.77. The molecule has 17 heavy (non-hydrogen) atoms. The molecule has 90 valence electrons. The zero-order valence-corrected chi connectivity index (χ0v) is 8.58. The first-order valence-corrected chi connectivity index (χ1v) is 4.77. The molecule has 2 rings (SSSR count). The van der Waals surface area contributed by atoms with Crippen LogP contribution in [0.5, 0.6) is 0 Å². The Morgan fingerprint density at radius 1 is 1.18 bits per heavy atom. The lowest BCUT2D eigenvalue weighted by atomic mass is 10.0. The van der Waals surface area contributed by atoms with Crippen molar-refractivity contribution in [2.45, 2.75) is 6.04 Å². The van der Waals surface area contributed by atoms with Crippen LogP contribution in [0.15, 0.2) is 34.9 Å². The maximum atomic E-state index is 13.5. The molecule has 0 saturated carbocycles. The van der Waals surface area contributed by atoms with E-state index in [1.54, 1.807) is 6.07 Å². The van der Waals surface area contributed by atoms with Crippen molar-refractivity contribution >= 4 is 0 Å². The van der Waals surface area contributed by atoms with Crippen molar-refractivity contribution in [3.05, 3.63) is 59.3 Å². The van der Waals surface area contributed by atoms with E-state index in [0.717, 1.165) is 0 Å². The van der Waals surface area contributed by atoms with E-state index >= 15 is 0 Å². The summed E-state index contributed by atoms with van der Waals surface area (Å²) in [6, 6.07) is 3.23. The summed E-state index contributed by atoms with van der Waals surface area (Å²) >= 11 is 0. The van der Waals surface area contributed by atoms with Gasteiger partial charge in [-0.3, -0.25) is 5.84 Å². The Kier molecular flexibility index (Phi) is 3.16.